The number of amidine groups is 1. The molecular weight excluding hydrogens is 232 g/mol. The van der Waals surface area contributed by atoms with Crippen LogP contribution in [0.25, 0.3) is 0 Å². The molecule has 5 heteroatoms. The quantitative estimate of drug-likeness (QED) is 0.600. The fourth-order valence-electron chi connectivity index (χ4n) is 1.46. The Morgan fingerprint density at radius 1 is 1.59 bits per heavy atom. The number of nitrogens with zero attached hydrogens (tertiary/aromatic N) is 2. The summed E-state index contributed by atoms with van der Waals surface area (Å²) in [6, 6.07) is 4.20. The van der Waals surface area contributed by atoms with Crippen LogP contribution in [0.2, 0.25) is 0 Å². The number of thioether (sulfide) groups is 1. The summed E-state index contributed by atoms with van der Waals surface area (Å²) in [4.78, 5) is 6.48. The van der Waals surface area contributed by atoms with Crippen molar-refractivity contribution < 1.29 is 0 Å². The lowest BCUT2D eigenvalue weighted by atomic mass is 10.2. The van der Waals surface area contributed by atoms with E-state index >= 15 is 0 Å². The fraction of sp³-hybridized carbons (Fsp3) is 0.500. The molecule has 1 heterocycles. The third kappa shape index (κ3) is 3.93. The first-order valence-electron chi connectivity index (χ1n) is 5.58. The summed E-state index contributed by atoms with van der Waals surface area (Å²) in [6.45, 7) is 2.19. The number of hydrogen-bond acceptors (Lipinski definition) is 4. The number of nitrogen functional groups attached to an aromatic ring is 1. The molecule has 0 aromatic carbocycles. The number of rotatable bonds is 6. The largest absolute Gasteiger partial charge is 0.384 e. The van der Waals surface area contributed by atoms with Crippen LogP contribution in [0.15, 0.2) is 18.3 Å². The number of aromatic nitrogens is 1. The van der Waals surface area contributed by atoms with Crippen LogP contribution in [0.1, 0.15) is 18.9 Å². The molecule has 3 N–H and O–H groups in total. The van der Waals surface area contributed by atoms with E-state index in [-0.39, 0.29) is 5.84 Å². The zero-order valence-electron chi connectivity index (χ0n) is 10.6. The summed E-state index contributed by atoms with van der Waals surface area (Å²) >= 11 is 1.86. The molecular formula is C12H20N4S. The average Bonchev–Trinajstić information content (AvgIpc) is 2.35. The van der Waals surface area contributed by atoms with E-state index in [0.29, 0.717) is 11.6 Å². The number of nitrogens with two attached hydrogens (primary N) is 1. The first-order chi connectivity index (χ1) is 8.06. The predicted molar refractivity (Wildman–Crippen MR) is 76.1 cm³/mol. The molecule has 0 radical (unpaired) electrons. The van der Waals surface area contributed by atoms with Gasteiger partial charge in [0.05, 0.1) is 0 Å². The molecule has 94 valence electrons. The van der Waals surface area contributed by atoms with Gasteiger partial charge < -0.3 is 10.6 Å². The molecule has 4 nitrogen and oxygen atoms in total. The summed E-state index contributed by atoms with van der Waals surface area (Å²) in [5.74, 6) is 2.13. The zero-order chi connectivity index (χ0) is 12.8. The SMILES string of the molecule is CSCCC(C)N(C)c1ccc(C(=N)N)cn1. The Morgan fingerprint density at radius 3 is 2.76 bits per heavy atom. The van der Waals surface area contributed by atoms with Crippen molar-refractivity contribution in [2.24, 2.45) is 5.73 Å². The lowest BCUT2D eigenvalue weighted by Crippen LogP contribution is -2.30. The molecule has 1 aromatic heterocycles. The van der Waals surface area contributed by atoms with E-state index in [1.54, 1.807) is 6.20 Å². The summed E-state index contributed by atoms with van der Waals surface area (Å²) in [6.07, 6.45) is 4.90. The second-order valence-corrected chi connectivity index (χ2v) is 5.05. The second kappa shape index (κ2) is 6.49. The molecule has 1 rings (SSSR count). The number of hydrogen-bond donors (Lipinski definition) is 2. The predicted octanol–water partition coefficient (Wildman–Crippen LogP) is 1.94. The monoisotopic (exact) mass is 252 g/mol. The van der Waals surface area contributed by atoms with Crippen molar-refractivity contribution in [2.45, 2.75) is 19.4 Å². The Kier molecular flexibility index (Phi) is 5.28. The molecule has 0 spiro atoms. The van der Waals surface area contributed by atoms with Gasteiger partial charge in [0, 0.05) is 24.8 Å². The zero-order valence-corrected chi connectivity index (χ0v) is 11.4. The maximum Gasteiger partial charge on any atom is 0.128 e. The third-order valence-electron chi connectivity index (χ3n) is 2.82. The van der Waals surface area contributed by atoms with Crippen LogP contribution >= 0.6 is 11.8 Å². The first kappa shape index (κ1) is 13.8. The van der Waals surface area contributed by atoms with Gasteiger partial charge in [-0.2, -0.15) is 11.8 Å². The lowest BCUT2D eigenvalue weighted by Gasteiger charge is -2.25. The van der Waals surface area contributed by atoms with Crippen molar-refractivity contribution in [2.75, 3.05) is 24.0 Å². The molecule has 0 aliphatic heterocycles. The van der Waals surface area contributed by atoms with E-state index < -0.39 is 0 Å². The van der Waals surface area contributed by atoms with Crippen LogP contribution in [0.4, 0.5) is 5.82 Å². The molecule has 1 unspecified atom stereocenters. The molecule has 1 atom stereocenters. The third-order valence-corrected chi connectivity index (χ3v) is 3.47. The van der Waals surface area contributed by atoms with Gasteiger partial charge in [-0.3, -0.25) is 5.41 Å². The topological polar surface area (TPSA) is 66.0 Å². The molecule has 0 bridgehead atoms. The van der Waals surface area contributed by atoms with Gasteiger partial charge in [0.1, 0.15) is 11.7 Å². The summed E-state index contributed by atoms with van der Waals surface area (Å²) < 4.78 is 0. The summed E-state index contributed by atoms with van der Waals surface area (Å²) in [5, 5.41) is 7.31. The van der Waals surface area contributed by atoms with E-state index in [1.165, 1.54) is 0 Å². The van der Waals surface area contributed by atoms with Crippen molar-refractivity contribution in [1.29, 1.82) is 5.41 Å². The van der Waals surface area contributed by atoms with E-state index in [1.807, 2.05) is 30.9 Å². The van der Waals surface area contributed by atoms with Crippen molar-refractivity contribution in [3.05, 3.63) is 23.9 Å². The summed E-state index contributed by atoms with van der Waals surface area (Å²) in [7, 11) is 2.04. The van der Waals surface area contributed by atoms with E-state index in [0.717, 1.165) is 18.0 Å². The molecule has 0 fully saturated rings. The van der Waals surface area contributed by atoms with Crippen molar-refractivity contribution in [1.82, 2.24) is 4.98 Å². The Labute approximate surface area is 107 Å². The fourth-order valence-corrected chi connectivity index (χ4v) is 2.04. The smallest absolute Gasteiger partial charge is 0.128 e. The van der Waals surface area contributed by atoms with Gasteiger partial charge in [-0.15, -0.1) is 0 Å². The molecule has 0 saturated heterocycles. The minimum atomic E-state index is 0.0575. The van der Waals surface area contributed by atoms with E-state index in [4.69, 9.17) is 11.1 Å². The first-order valence-corrected chi connectivity index (χ1v) is 6.98. The van der Waals surface area contributed by atoms with Gasteiger partial charge in [0.2, 0.25) is 0 Å². The van der Waals surface area contributed by atoms with Crippen LogP contribution in [0.5, 0.6) is 0 Å². The van der Waals surface area contributed by atoms with Gasteiger partial charge in [-0.05, 0) is 37.5 Å². The highest BCUT2D eigenvalue weighted by molar-refractivity contribution is 7.98. The highest BCUT2D eigenvalue weighted by Crippen LogP contribution is 2.15. The molecule has 0 aliphatic carbocycles. The Hall–Kier alpha value is -1.23. The standard InChI is InChI=1S/C12H20N4S/c1-9(6-7-17-3)16(2)11-5-4-10(8-15-11)12(13)14/h4-5,8-9H,6-7H2,1-3H3,(H3,13,14). The highest BCUT2D eigenvalue weighted by atomic mass is 32.2. The normalized spacial score (nSPS) is 12.2. The maximum absolute atomic E-state index is 7.31. The van der Waals surface area contributed by atoms with E-state index in [9.17, 15) is 0 Å². The van der Waals surface area contributed by atoms with Crippen LogP contribution < -0.4 is 10.6 Å². The molecule has 17 heavy (non-hydrogen) atoms. The highest BCUT2D eigenvalue weighted by Gasteiger charge is 2.10. The second-order valence-electron chi connectivity index (χ2n) is 4.06. The van der Waals surface area contributed by atoms with E-state index in [2.05, 4.69) is 23.1 Å². The Morgan fingerprint density at radius 2 is 2.29 bits per heavy atom. The van der Waals surface area contributed by atoms with Crippen LogP contribution in [0.3, 0.4) is 0 Å². The Bertz CT molecular complexity index is 363. The Balaban J connectivity index is 2.68. The number of nitrogens with one attached hydrogen (secondary N) is 1. The van der Waals surface area contributed by atoms with Gasteiger partial charge in [0.25, 0.3) is 0 Å². The van der Waals surface area contributed by atoms with Crippen molar-refractivity contribution >= 4 is 23.4 Å². The minimum absolute atomic E-state index is 0.0575. The number of pyridine rings is 1. The van der Waals surface area contributed by atoms with Gasteiger partial charge in [-0.1, -0.05) is 0 Å². The van der Waals surface area contributed by atoms with Crippen LogP contribution in [-0.4, -0.2) is 35.9 Å². The molecule has 0 amide bonds. The molecule has 0 saturated carbocycles. The van der Waals surface area contributed by atoms with Gasteiger partial charge in [0.15, 0.2) is 0 Å². The summed E-state index contributed by atoms with van der Waals surface area (Å²) in [5.41, 5.74) is 6.06. The van der Waals surface area contributed by atoms with Crippen LogP contribution in [-0.2, 0) is 0 Å². The molecule has 0 aliphatic rings. The number of anilines is 1. The minimum Gasteiger partial charge on any atom is -0.384 e. The van der Waals surface area contributed by atoms with Gasteiger partial charge in [-0.25, -0.2) is 4.98 Å². The van der Waals surface area contributed by atoms with Crippen LogP contribution in [0, 0.1) is 5.41 Å². The average molecular weight is 252 g/mol. The van der Waals surface area contributed by atoms with Crippen molar-refractivity contribution in [3.8, 4) is 0 Å². The van der Waals surface area contributed by atoms with Gasteiger partial charge >= 0.3 is 0 Å². The lowest BCUT2D eigenvalue weighted by molar-refractivity contribution is 0.662. The molecule has 1 aromatic rings. The van der Waals surface area contributed by atoms with Crippen molar-refractivity contribution in [3.63, 3.8) is 0 Å². The maximum atomic E-state index is 7.31.